The molecular formula is C15H21NO7S2. The number of carbonyl (C=O) groups is 1. The summed E-state index contributed by atoms with van der Waals surface area (Å²) < 4.78 is 30.6. The van der Waals surface area contributed by atoms with Gasteiger partial charge in [-0.05, 0) is 19.1 Å². The molecule has 1 aromatic carbocycles. The van der Waals surface area contributed by atoms with E-state index >= 15 is 0 Å². The molecule has 140 valence electrons. The zero-order valence-corrected chi connectivity index (χ0v) is 15.3. The summed E-state index contributed by atoms with van der Waals surface area (Å²) in [6, 6.07) is 5.04. The Balaban J connectivity index is 2.28. The number of aliphatic hydroxyl groups is 3. The molecule has 1 aliphatic rings. The first kappa shape index (κ1) is 20.1. The number of rotatable bonds is 5. The lowest BCUT2D eigenvalue weighted by Crippen LogP contribution is -2.63. The smallest absolute Gasteiger partial charge is 0.232 e. The second kappa shape index (κ2) is 8.02. The highest BCUT2D eigenvalue weighted by Crippen LogP contribution is 2.35. The molecule has 1 fully saturated rings. The number of ether oxygens (including phenoxy) is 1. The van der Waals surface area contributed by atoms with E-state index in [0.717, 1.165) is 5.56 Å². The Morgan fingerprint density at radius 2 is 1.84 bits per heavy atom. The first-order valence-electron chi connectivity index (χ1n) is 7.55. The highest BCUT2D eigenvalue weighted by atomic mass is 33.1. The van der Waals surface area contributed by atoms with E-state index < -0.39 is 51.2 Å². The van der Waals surface area contributed by atoms with Crippen molar-refractivity contribution in [3.63, 3.8) is 0 Å². The SMILES string of the molecule is CC(=O)N[C@@H]1[C@@H](O)[C@@H](O)[C@@H](CO)O[C@@H]1SS(=O)(=O)c1ccc(C)cc1. The van der Waals surface area contributed by atoms with Gasteiger partial charge in [-0.25, -0.2) is 8.42 Å². The van der Waals surface area contributed by atoms with Crippen LogP contribution in [0, 0.1) is 6.92 Å². The molecule has 8 nitrogen and oxygen atoms in total. The van der Waals surface area contributed by atoms with E-state index in [-0.39, 0.29) is 4.90 Å². The summed E-state index contributed by atoms with van der Waals surface area (Å²) in [6.45, 7) is 2.42. The van der Waals surface area contributed by atoms with Gasteiger partial charge in [0.15, 0.2) is 0 Å². The Kier molecular flexibility index (Phi) is 6.46. The largest absolute Gasteiger partial charge is 0.394 e. The molecule has 1 aromatic rings. The quantitative estimate of drug-likeness (QED) is 0.487. The number of hydrogen-bond acceptors (Lipinski definition) is 8. The average molecular weight is 391 g/mol. The summed E-state index contributed by atoms with van der Waals surface area (Å²) in [6.07, 6.45) is -4.10. The standard InChI is InChI=1S/C15H21NO7S2/c1-8-3-5-10(6-4-8)25(21,22)24-15-12(16-9(2)18)14(20)13(19)11(7-17)23-15/h3-6,11-15,17,19-20H,7H2,1-2H3,(H,16,18)/t11-,12-,13+,14-,15-/m1/s1. The average Bonchev–Trinajstić information content (AvgIpc) is 2.54. The van der Waals surface area contributed by atoms with Gasteiger partial charge in [-0.1, -0.05) is 17.7 Å². The maximum absolute atomic E-state index is 12.6. The van der Waals surface area contributed by atoms with Gasteiger partial charge in [0.1, 0.15) is 23.7 Å². The Labute approximate surface area is 149 Å². The van der Waals surface area contributed by atoms with Crippen LogP contribution in [-0.2, 0) is 18.4 Å². The van der Waals surface area contributed by atoms with Gasteiger partial charge in [0.25, 0.3) is 0 Å². The molecule has 0 saturated carbocycles. The molecule has 10 heteroatoms. The van der Waals surface area contributed by atoms with Crippen molar-refractivity contribution in [2.24, 2.45) is 0 Å². The van der Waals surface area contributed by atoms with Crippen molar-refractivity contribution in [1.82, 2.24) is 5.32 Å². The number of amides is 1. The first-order chi connectivity index (χ1) is 11.7. The number of carbonyl (C=O) groups excluding carboxylic acids is 1. The van der Waals surface area contributed by atoms with Crippen LogP contribution in [0.3, 0.4) is 0 Å². The number of aryl methyl sites for hydroxylation is 1. The highest BCUT2D eigenvalue weighted by molar-refractivity contribution is 8.72. The van der Waals surface area contributed by atoms with Gasteiger partial charge in [0.05, 0.1) is 17.5 Å². The van der Waals surface area contributed by atoms with Crippen LogP contribution >= 0.6 is 10.8 Å². The fourth-order valence-electron chi connectivity index (χ4n) is 2.44. The van der Waals surface area contributed by atoms with Gasteiger partial charge < -0.3 is 25.4 Å². The molecule has 2 rings (SSSR count). The van der Waals surface area contributed by atoms with Crippen LogP contribution < -0.4 is 5.32 Å². The lowest BCUT2D eigenvalue weighted by atomic mass is 9.98. The minimum Gasteiger partial charge on any atom is -0.394 e. The molecule has 1 saturated heterocycles. The molecular weight excluding hydrogens is 370 g/mol. The minimum absolute atomic E-state index is 0.0504. The van der Waals surface area contributed by atoms with Crippen LogP contribution in [0.5, 0.6) is 0 Å². The monoisotopic (exact) mass is 391 g/mol. The van der Waals surface area contributed by atoms with E-state index in [9.17, 15) is 28.5 Å². The van der Waals surface area contributed by atoms with Crippen molar-refractivity contribution in [2.75, 3.05) is 6.61 Å². The van der Waals surface area contributed by atoms with Crippen molar-refractivity contribution in [3.8, 4) is 0 Å². The maximum atomic E-state index is 12.6. The van der Waals surface area contributed by atoms with Crippen molar-refractivity contribution in [3.05, 3.63) is 29.8 Å². The lowest BCUT2D eigenvalue weighted by molar-refractivity contribution is -0.173. The fraction of sp³-hybridized carbons (Fsp3) is 0.533. The molecule has 0 unspecified atom stereocenters. The number of nitrogens with one attached hydrogen (secondary N) is 1. The van der Waals surface area contributed by atoms with Crippen LogP contribution in [0.1, 0.15) is 12.5 Å². The minimum atomic E-state index is -3.85. The first-order valence-corrected chi connectivity index (χ1v) is 10.4. The zero-order valence-electron chi connectivity index (χ0n) is 13.7. The van der Waals surface area contributed by atoms with Gasteiger partial charge in [-0.3, -0.25) is 4.79 Å². The van der Waals surface area contributed by atoms with Gasteiger partial charge >= 0.3 is 0 Å². The molecule has 0 bridgehead atoms. The third-order valence-corrected chi connectivity index (χ3v) is 7.39. The predicted molar refractivity (Wildman–Crippen MR) is 91.3 cm³/mol. The Morgan fingerprint density at radius 3 is 2.36 bits per heavy atom. The van der Waals surface area contributed by atoms with Crippen LogP contribution in [0.4, 0.5) is 0 Å². The van der Waals surface area contributed by atoms with E-state index in [2.05, 4.69) is 5.32 Å². The summed E-state index contributed by atoms with van der Waals surface area (Å²) in [5.41, 5.74) is -0.307. The molecule has 0 spiro atoms. The van der Waals surface area contributed by atoms with Gasteiger partial charge in [0.2, 0.25) is 14.8 Å². The van der Waals surface area contributed by atoms with Crippen LogP contribution in [-0.4, -0.2) is 66.0 Å². The fourth-order valence-corrected chi connectivity index (χ4v) is 5.72. The van der Waals surface area contributed by atoms with Crippen molar-refractivity contribution < 1.29 is 33.3 Å². The number of benzene rings is 1. The zero-order chi connectivity index (χ0) is 18.8. The molecule has 0 radical (unpaired) electrons. The number of hydrogen-bond donors (Lipinski definition) is 4. The number of aliphatic hydroxyl groups excluding tert-OH is 3. The summed E-state index contributed by atoms with van der Waals surface area (Å²) in [5, 5.41) is 31.8. The predicted octanol–water partition coefficient (Wildman–Crippen LogP) is -0.639. The van der Waals surface area contributed by atoms with E-state index in [1.54, 1.807) is 12.1 Å². The summed E-state index contributed by atoms with van der Waals surface area (Å²) in [5.74, 6) is -0.513. The third-order valence-electron chi connectivity index (χ3n) is 3.78. The molecule has 0 aliphatic carbocycles. The molecule has 1 amide bonds. The molecule has 1 aliphatic heterocycles. The summed E-state index contributed by atoms with van der Waals surface area (Å²) in [7, 11) is -3.44. The van der Waals surface area contributed by atoms with Gasteiger partial charge in [-0.2, -0.15) is 0 Å². The third kappa shape index (κ3) is 4.72. The lowest BCUT2D eigenvalue weighted by Gasteiger charge is -2.41. The molecule has 5 atom stereocenters. The second-order valence-electron chi connectivity index (χ2n) is 5.80. The molecule has 1 heterocycles. The van der Waals surface area contributed by atoms with Crippen LogP contribution in [0.15, 0.2) is 29.2 Å². The topological polar surface area (TPSA) is 133 Å². The normalized spacial score (nSPS) is 30.0. The van der Waals surface area contributed by atoms with Crippen LogP contribution in [0.2, 0.25) is 0 Å². The molecule has 0 aromatic heterocycles. The van der Waals surface area contributed by atoms with E-state index in [4.69, 9.17) is 4.74 Å². The summed E-state index contributed by atoms with van der Waals surface area (Å²) in [4.78, 5) is 11.4. The van der Waals surface area contributed by atoms with E-state index in [1.807, 2.05) is 6.92 Å². The molecule has 25 heavy (non-hydrogen) atoms. The van der Waals surface area contributed by atoms with Crippen molar-refractivity contribution >= 4 is 25.6 Å². The molecule has 4 N–H and O–H groups in total. The maximum Gasteiger partial charge on any atom is 0.232 e. The van der Waals surface area contributed by atoms with Gasteiger partial charge in [-0.15, -0.1) is 0 Å². The highest BCUT2D eigenvalue weighted by Gasteiger charge is 2.46. The Hall–Kier alpha value is -1.17. The Bertz CT molecular complexity index is 707. The van der Waals surface area contributed by atoms with Crippen molar-refractivity contribution in [2.45, 2.75) is 48.5 Å². The Morgan fingerprint density at radius 1 is 1.24 bits per heavy atom. The van der Waals surface area contributed by atoms with Crippen molar-refractivity contribution in [1.29, 1.82) is 0 Å². The summed E-state index contributed by atoms with van der Waals surface area (Å²) >= 11 is 0. The van der Waals surface area contributed by atoms with E-state index in [1.165, 1.54) is 19.1 Å². The second-order valence-corrected chi connectivity index (χ2v) is 9.73. The van der Waals surface area contributed by atoms with E-state index in [0.29, 0.717) is 10.8 Å². The van der Waals surface area contributed by atoms with Gasteiger partial charge in [0, 0.05) is 17.7 Å². The van der Waals surface area contributed by atoms with Crippen LogP contribution in [0.25, 0.3) is 0 Å².